The molecule has 4 heteroatoms. The van der Waals surface area contributed by atoms with E-state index in [-0.39, 0.29) is 0 Å². The molecule has 0 aliphatic heterocycles. The second kappa shape index (κ2) is 15.5. The van der Waals surface area contributed by atoms with Crippen LogP contribution in [0.15, 0.2) is 253 Å². The molecule has 71 heavy (non-hydrogen) atoms. The van der Waals surface area contributed by atoms with Gasteiger partial charge in [-0.25, -0.2) is 4.98 Å². The SMILES string of the molecule is c1ccc(-c2cc(-c3ccccc3)cc(-n3c4ccccc4c4cc(-c5ccc6c(c5)c5ccccc5n6-c5cc6c(-c7ccccc7)nc7ccccc7c6c6c5oc5ccccc56)ccc43)c2)cc1. The minimum Gasteiger partial charge on any atom is -0.454 e. The van der Waals surface area contributed by atoms with Crippen molar-refractivity contribution in [2.75, 3.05) is 0 Å². The Hall–Kier alpha value is -9.51. The van der Waals surface area contributed by atoms with Crippen molar-refractivity contribution in [1.82, 2.24) is 14.1 Å². The molecule has 0 unspecified atom stereocenters. The first-order chi connectivity index (χ1) is 35.2. The molecule has 11 aromatic carbocycles. The van der Waals surface area contributed by atoms with Crippen LogP contribution < -0.4 is 0 Å². The number of nitrogens with zero attached hydrogens (tertiary/aromatic N) is 3. The smallest absolute Gasteiger partial charge is 0.160 e. The molecule has 0 saturated heterocycles. The van der Waals surface area contributed by atoms with Crippen molar-refractivity contribution in [3.63, 3.8) is 0 Å². The van der Waals surface area contributed by atoms with Gasteiger partial charge in [0.2, 0.25) is 0 Å². The molecule has 0 aliphatic carbocycles. The van der Waals surface area contributed by atoms with Crippen LogP contribution in [-0.4, -0.2) is 14.1 Å². The monoisotopic (exact) mass is 903 g/mol. The number of fused-ring (bicyclic) bond motifs is 13. The number of benzene rings is 11. The lowest BCUT2D eigenvalue weighted by molar-refractivity contribution is 0.666. The largest absolute Gasteiger partial charge is 0.454 e. The van der Waals surface area contributed by atoms with Crippen LogP contribution in [0.2, 0.25) is 0 Å². The third kappa shape index (κ3) is 6.08. The molecule has 0 radical (unpaired) electrons. The van der Waals surface area contributed by atoms with Gasteiger partial charge in [-0.1, -0.05) is 176 Å². The molecule has 0 aliphatic rings. The summed E-state index contributed by atoms with van der Waals surface area (Å²) >= 11 is 0. The van der Waals surface area contributed by atoms with Gasteiger partial charge < -0.3 is 13.6 Å². The Morgan fingerprint density at radius 3 is 1.42 bits per heavy atom. The van der Waals surface area contributed by atoms with E-state index in [1.54, 1.807) is 0 Å². The molecule has 0 atom stereocenters. The van der Waals surface area contributed by atoms with E-state index >= 15 is 0 Å². The Morgan fingerprint density at radius 1 is 0.296 bits per heavy atom. The summed E-state index contributed by atoms with van der Waals surface area (Å²) in [6.45, 7) is 0. The number of rotatable bonds is 6. The van der Waals surface area contributed by atoms with Gasteiger partial charge >= 0.3 is 0 Å². The molecular weight excluding hydrogens is 863 g/mol. The summed E-state index contributed by atoms with van der Waals surface area (Å²) in [6, 6.07) is 89.8. The third-order valence-corrected chi connectivity index (χ3v) is 14.6. The lowest BCUT2D eigenvalue weighted by atomic mass is 9.95. The first kappa shape index (κ1) is 39.5. The van der Waals surface area contributed by atoms with Crippen molar-refractivity contribution < 1.29 is 4.42 Å². The van der Waals surface area contributed by atoms with Crippen LogP contribution in [0.5, 0.6) is 0 Å². The van der Waals surface area contributed by atoms with E-state index in [0.717, 1.165) is 88.4 Å². The zero-order chi connectivity index (χ0) is 46.6. The maximum atomic E-state index is 7.03. The van der Waals surface area contributed by atoms with Gasteiger partial charge in [0.05, 0.1) is 39.0 Å². The molecule has 0 fully saturated rings. The standard InChI is InChI=1S/C67H41N3O/c1-4-18-42(19-5-1)47-36-48(43-20-6-2-7-21-43)38-49(37-47)69-58-29-15-11-24-50(58)54-39-45(32-34-60(54)69)46-33-35-61-55(40-46)51-25-12-16-30-59(51)70(61)62-41-56-64(65-53-27-13-17-31-63(53)71-67(62)65)52-26-10-14-28-57(52)68-66(56)44-22-8-3-9-23-44/h1-41H. The highest BCUT2D eigenvalue weighted by molar-refractivity contribution is 6.30. The number of pyridine rings is 1. The van der Waals surface area contributed by atoms with E-state index in [1.807, 2.05) is 0 Å². The summed E-state index contributed by atoms with van der Waals surface area (Å²) < 4.78 is 11.9. The molecule has 15 aromatic rings. The molecule has 4 nitrogen and oxygen atoms in total. The fraction of sp³-hybridized carbons (Fsp3) is 0. The average Bonchev–Trinajstić information content (AvgIpc) is 4.11. The molecule has 330 valence electrons. The van der Waals surface area contributed by atoms with Crippen LogP contribution in [0.4, 0.5) is 0 Å². The van der Waals surface area contributed by atoms with Gasteiger partial charge in [0.1, 0.15) is 5.58 Å². The fourth-order valence-electron chi connectivity index (χ4n) is 11.5. The van der Waals surface area contributed by atoms with E-state index in [1.165, 1.54) is 54.8 Å². The van der Waals surface area contributed by atoms with Gasteiger partial charge in [-0.2, -0.15) is 0 Å². The highest BCUT2D eigenvalue weighted by atomic mass is 16.3. The minimum atomic E-state index is 0.854. The molecule has 0 spiro atoms. The van der Waals surface area contributed by atoms with Gasteiger partial charge in [0.25, 0.3) is 0 Å². The van der Waals surface area contributed by atoms with Crippen molar-refractivity contribution in [2.24, 2.45) is 0 Å². The molecule has 4 heterocycles. The highest BCUT2D eigenvalue weighted by Crippen LogP contribution is 2.47. The predicted molar refractivity (Wildman–Crippen MR) is 297 cm³/mol. The Kier molecular flexibility index (Phi) is 8.62. The first-order valence-electron chi connectivity index (χ1n) is 24.3. The van der Waals surface area contributed by atoms with Crippen LogP contribution in [0.3, 0.4) is 0 Å². The van der Waals surface area contributed by atoms with Gasteiger partial charge in [-0.3, -0.25) is 0 Å². The number of furan rings is 1. The summed E-state index contributed by atoms with van der Waals surface area (Å²) in [4.78, 5) is 5.39. The lowest BCUT2D eigenvalue weighted by Crippen LogP contribution is -1.97. The first-order valence-corrected chi connectivity index (χ1v) is 24.3. The molecule has 0 amide bonds. The van der Waals surface area contributed by atoms with Crippen LogP contribution in [-0.2, 0) is 0 Å². The van der Waals surface area contributed by atoms with Gasteiger partial charge in [-0.05, 0) is 106 Å². The van der Waals surface area contributed by atoms with Crippen molar-refractivity contribution in [1.29, 1.82) is 0 Å². The summed E-state index contributed by atoms with van der Waals surface area (Å²) in [5.74, 6) is 0. The van der Waals surface area contributed by atoms with Gasteiger partial charge in [0, 0.05) is 59.7 Å². The van der Waals surface area contributed by atoms with E-state index < -0.39 is 0 Å². The quantitative estimate of drug-likeness (QED) is 0.156. The molecular formula is C67H41N3O. The van der Waals surface area contributed by atoms with Crippen LogP contribution in [0.1, 0.15) is 0 Å². The Bertz CT molecular complexity index is 4560. The van der Waals surface area contributed by atoms with Crippen LogP contribution >= 0.6 is 0 Å². The Morgan fingerprint density at radius 2 is 0.789 bits per heavy atom. The van der Waals surface area contributed by atoms with Crippen molar-refractivity contribution in [3.8, 4) is 56.0 Å². The Balaban J connectivity index is 0.946. The molecule has 4 aromatic heterocycles. The summed E-state index contributed by atoms with van der Waals surface area (Å²) in [7, 11) is 0. The number of aromatic nitrogens is 3. The molecule has 15 rings (SSSR count). The van der Waals surface area contributed by atoms with Crippen LogP contribution in [0.25, 0.3) is 143 Å². The third-order valence-electron chi connectivity index (χ3n) is 14.6. The number of para-hydroxylation sites is 4. The number of hydrogen-bond donors (Lipinski definition) is 0. The maximum absolute atomic E-state index is 7.03. The van der Waals surface area contributed by atoms with E-state index in [2.05, 4.69) is 258 Å². The number of hydrogen-bond acceptors (Lipinski definition) is 2. The summed E-state index contributed by atoms with van der Waals surface area (Å²) in [5.41, 5.74) is 18.4. The molecule has 0 N–H and O–H groups in total. The van der Waals surface area contributed by atoms with E-state index in [9.17, 15) is 0 Å². The normalized spacial score (nSPS) is 11.9. The van der Waals surface area contributed by atoms with Crippen LogP contribution in [0, 0.1) is 0 Å². The maximum Gasteiger partial charge on any atom is 0.160 e. The summed E-state index contributed by atoms with van der Waals surface area (Å²) in [6.07, 6.45) is 0. The zero-order valence-corrected chi connectivity index (χ0v) is 38.4. The van der Waals surface area contributed by atoms with Crippen molar-refractivity contribution >= 4 is 87.2 Å². The second-order valence-electron chi connectivity index (χ2n) is 18.6. The topological polar surface area (TPSA) is 35.9 Å². The van der Waals surface area contributed by atoms with Crippen molar-refractivity contribution in [2.45, 2.75) is 0 Å². The van der Waals surface area contributed by atoms with E-state index in [0.29, 0.717) is 0 Å². The summed E-state index contributed by atoms with van der Waals surface area (Å²) in [5, 5.41) is 10.3. The van der Waals surface area contributed by atoms with Crippen molar-refractivity contribution in [3.05, 3.63) is 249 Å². The zero-order valence-electron chi connectivity index (χ0n) is 38.4. The molecule has 0 bridgehead atoms. The van der Waals surface area contributed by atoms with E-state index in [4.69, 9.17) is 9.40 Å². The van der Waals surface area contributed by atoms with Gasteiger partial charge in [0.15, 0.2) is 5.58 Å². The minimum absolute atomic E-state index is 0.854. The highest BCUT2D eigenvalue weighted by Gasteiger charge is 2.24. The Labute approximate surface area is 408 Å². The average molecular weight is 904 g/mol. The lowest BCUT2D eigenvalue weighted by Gasteiger charge is -2.15. The van der Waals surface area contributed by atoms with Gasteiger partial charge in [-0.15, -0.1) is 0 Å². The molecule has 0 saturated carbocycles. The second-order valence-corrected chi connectivity index (χ2v) is 18.6. The predicted octanol–water partition coefficient (Wildman–Crippen LogP) is 18.1. The fourth-order valence-corrected chi connectivity index (χ4v) is 11.5.